The van der Waals surface area contributed by atoms with Gasteiger partial charge in [-0.1, -0.05) is 226 Å². The minimum absolute atomic E-state index is 0.0505. The number of aliphatic hydroxyl groups excluding tert-OH is 7. The highest BCUT2D eigenvalue weighted by Gasteiger charge is 2.47. The lowest BCUT2D eigenvalue weighted by Gasteiger charge is -2.42. The van der Waals surface area contributed by atoms with Crippen LogP contribution in [0.5, 0.6) is 0 Å². The second kappa shape index (κ2) is 54.1. The van der Waals surface area contributed by atoms with Crippen molar-refractivity contribution in [2.45, 2.75) is 287 Å². The molecule has 7 N–H and O–H groups in total. The van der Waals surface area contributed by atoms with E-state index in [-0.39, 0.29) is 25.6 Å². The SMILES string of the molecule is CC/C=C\C/C=C\C/C=C\C/C=C\C/C=C\CCCCCCCCCCCCOCC(COC1OC(COC2OC(CO)C(O)C(O)C2O)C(O)C(O)C1O)OC(=O)CCCCCCCCCCCC/C=C\C/C=C\C/C=C\C/C=C\CC. The number of carbonyl (C=O) groups excluding carboxylic acids is 1. The molecular weight excluding hydrogens is 1050 g/mol. The van der Waals surface area contributed by atoms with Gasteiger partial charge in [-0.15, -0.1) is 0 Å². The summed E-state index contributed by atoms with van der Waals surface area (Å²) in [6, 6.07) is 0. The van der Waals surface area contributed by atoms with Crippen LogP contribution in [0.3, 0.4) is 0 Å². The Bertz CT molecular complexity index is 1790. The van der Waals surface area contributed by atoms with Crippen LogP contribution in [0.1, 0.15) is 219 Å². The molecule has 0 aromatic heterocycles. The lowest BCUT2D eigenvalue weighted by molar-refractivity contribution is -0.332. The third kappa shape index (κ3) is 39.9. The molecule has 2 saturated heterocycles. The predicted molar refractivity (Wildman–Crippen MR) is 334 cm³/mol. The quantitative estimate of drug-likeness (QED) is 0.0172. The molecule has 83 heavy (non-hydrogen) atoms. The molecule has 0 radical (unpaired) electrons. The molecule has 0 aromatic carbocycles. The fraction of sp³-hybridized carbons (Fsp3) is 0.725. The molecule has 0 aromatic rings. The van der Waals surface area contributed by atoms with Crippen molar-refractivity contribution in [1.29, 1.82) is 0 Å². The van der Waals surface area contributed by atoms with Crippen molar-refractivity contribution >= 4 is 5.97 Å². The number of ether oxygens (including phenoxy) is 6. The Morgan fingerprint density at radius 3 is 1.17 bits per heavy atom. The summed E-state index contributed by atoms with van der Waals surface area (Å²) in [5.41, 5.74) is 0. The fourth-order valence-corrected chi connectivity index (χ4v) is 9.66. The standard InChI is InChI=1S/C69H116O14/c1-3-5-7-9-11-13-15-17-19-21-23-25-27-28-29-31-33-35-37-39-41-43-45-47-49-51-53-78-55-58(56-79-68-67(77)65(75)63(73)60(83-68)57-80-69-66(76)64(74)62(72)59(54-70)82-69)81-61(71)52-50-48-46-44-42-40-38-36-34-32-30-26-24-22-20-18-16-14-12-10-8-6-4-2/h5-8,11-14,17-20,23-26,28-29,58-60,62-70,72-77H,3-4,9-10,15-16,21-22,27,30-57H2,1-2H3/b7-5-,8-6-,13-11-,14-12-,19-17-,20-18-,25-23-,26-24-,29-28-. The Balaban J connectivity index is 1.67. The van der Waals surface area contributed by atoms with Crippen LogP contribution >= 0.6 is 0 Å². The van der Waals surface area contributed by atoms with E-state index in [1.807, 2.05) is 0 Å². The van der Waals surface area contributed by atoms with E-state index in [9.17, 15) is 40.5 Å². The first-order valence-electron chi connectivity index (χ1n) is 32.5. The molecule has 11 unspecified atom stereocenters. The maximum Gasteiger partial charge on any atom is 0.306 e. The van der Waals surface area contributed by atoms with Crippen LogP contribution in [0.2, 0.25) is 0 Å². The molecule has 0 amide bonds. The maximum absolute atomic E-state index is 13.1. The topological polar surface area (TPSA) is 214 Å². The second-order valence-corrected chi connectivity index (χ2v) is 22.2. The molecule has 11 atom stereocenters. The smallest absolute Gasteiger partial charge is 0.306 e. The zero-order valence-corrected chi connectivity index (χ0v) is 51.4. The molecule has 0 spiro atoms. The van der Waals surface area contributed by atoms with Crippen LogP contribution in [0.25, 0.3) is 0 Å². The predicted octanol–water partition coefficient (Wildman–Crippen LogP) is 13.1. The Morgan fingerprint density at radius 2 is 0.747 bits per heavy atom. The normalized spacial score (nSPS) is 24.2. The number of rotatable bonds is 52. The van der Waals surface area contributed by atoms with Gasteiger partial charge in [0, 0.05) is 13.0 Å². The number of hydrogen-bond acceptors (Lipinski definition) is 14. The molecule has 0 saturated carbocycles. The van der Waals surface area contributed by atoms with E-state index < -0.39 is 80.7 Å². The third-order valence-corrected chi connectivity index (χ3v) is 14.8. The number of hydrogen-bond donors (Lipinski definition) is 7. The molecule has 476 valence electrons. The van der Waals surface area contributed by atoms with E-state index in [0.29, 0.717) is 13.0 Å². The number of esters is 1. The average Bonchev–Trinajstić information content (AvgIpc) is 3.69. The summed E-state index contributed by atoms with van der Waals surface area (Å²) in [4.78, 5) is 13.1. The lowest BCUT2D eigenvalue weighted by atomic mass is 9.98. The van der Waals surface area contributed by atoms with Crippen LogP contribution in [0, 0.1) is 0 Å². The minimum Gasteiger partial charge on any atom is -0.457 e. The molecular formula is C69H116O14. The summed E-state index contributed by atoms with van der Waals surface area (Å²) in [6.45, 7) is 3.45. The molecule has 0 bridgehead atoms. The van der Waals surface area contributed by atoms with Crippen molar-refractivity contribution in [2.24, 2.45) is 0 Å². The molecule has 2 rings (SSSR count). The van der Waals surface area contributed by atoms with Crippen LogP contribution in [0.4, 0.5) is 0 Å². The molecule has 2 heterocycles. The van der Waals surface area contributed by atoms with Crippen molar-refractivity contribution in [3.05, 3.63) is 109 Å². The first-order valence-corrected chi connectivity index (χ1v) is 32.5. The minimum atomic E-state index is -1.72. The number of carbonyl (C=O) groups is 1. The van der Waals surface area contributed by atoms with Gasteiger partial charge in [-0.05, 0) is 96.3 Å². The van der Waals surface area contributed by atoms with Gasteiger partial charge in [-0.2, -0.15) is 0 Å². The second-order valence-electron chi connectivity index (χ2n) is 22.2. The van der Waals surface area contributed by atoms with Crippen LogP contribution < -0.4 is 0 Å². The zero-order chi connectivity index (χ0) is 60.1. The third-order valence-electron chi connectivity index (χ3n) is 14.8. The average molecular weight is 1170 g/mol. The Kier molecular flexibility index (Phi) is 49.3. The van der Waals surface area contributed by atoms with Crippen molar-refractivity contribution < 1.29 is 69.0 Å². The number of unbranched alkanes of at least 4 members (excludes halogenated alkanes) is 20. The summed E-state index contributed by atoms with van der Waals surface area (Å²) < 4.78 is 34.5. The van der Waals surface area contributed by atoms with Crippen LogP contribution in [0.15, 0.2) is 109 Å². The van der Waals surface area contributed by atoms with Crippen LogP contribution in [-0.2, 0) is 33.2 Å². The molecule has 2 aliphatic heterocycles. The van der Waals surface area contributed by atoms with Gasteiger partial charge in [0.15, 0.2) is 12.6 Å². The van der Waals surface area contributed by atoms with E-state index in [4.69, 9.17) is 28.4 Å². The van der Waals surface area contributed by atoms with Gasteiger partial charge >= 0.3 is 5.97 Å². The van der Waals surface area contributed by atoms with Crippen molar-refractivity contribution in [3.63, 3.8) is 0 Å². The van der Waals surface area contributed by atoms with Crippen molar-refractivity contribution in [2.75, 3.05) is 33.0 Å². The van der Waals surface area contributed by atoms with E-state index >= 15 is 0 Å². The summed E-state index contributed by atoms with van der Waals surface area (Å²) in [7, 11) is 0. The zero-order valence-electron chi connectivity index (χ0n) is 51.4. The highest BCUT2D eigenvalue weighted by Crippen LogP contribution is 2.27. The van der Waals surface area contributed by atoms with E-state index in [1.165, 1.54) is 83.5 Å². The largest absolute Gasteiger partial charge is 0.457 e. The monoisotopic (exact) mass is 1170 g/mol. The summed E-state index contributed by atoms with van der Waals surface area (Å²) in [6.07, 6.45) is 58.6. The molecule has 0 aliphatic carbocycles. The molecule has 2 fully saturated rings. The Hall–Kier alpha value is -3.35. The first-order chi connectivity index (χ1) is 40.6. The molecule has 14 nitrogen and oxygen atoms in total. The number of aliphatic hydroxyl groups is 7. The summed E-state index contributed by atoms with van der Waals surface area (Å²) >= 11 is 0. The van der Waals surface area contributed by atoms with Gasteiger partial charge in [-0.25, -0.2) is 0 Å². The summed E-state index contributed by atoms with van der Waals surface area (Å²) in [5.74, 6) is -0.385. The Labute approximate surface area is 502 Å². The Morgan fingerprint density at radius 1 is 0.398 bits per heavy atom. The van der Waals surface area contributed by atoms with Gasteiger partial charge in [0.25, 0.3) is 0 Å². The fourth-order valence-electron chi connectivity index (χ4n) is 9.66. The van der Waals surface area contributed by atoms with Crippen LogP contribution in [-0.4, -0.2) is 142 Å². The summed E-state index contributed by atoms with van der Waals surface area (Å²) in [5, 5.41) is 72.6. The highest BCUT2D eigenvalue weighted by molar-refractivity contribution is 5.69. The van der Waals surface area contributed by atoms with Crippen molar-refractivity contribution in [1.82, 2.24) is 0 Å². The maximum atomic E-state index is 13.1. The first kappa shape index (κ1) is 75.7. The molecule has 14 heteroatoms. The molecule has 2 aliphatic rings. The van der Waals surface area contributed by atoms with Gasteiger partial charge < -0.3 is 64.2 Å². The van der Waals surface area contributed by atoms with Gasteiger partial charge in [0.2, 0.25) is 0 Å². The van der Waals surface area contributed by atoms with E-state index in [1.54, 1.807) is 0 Å². The van der Waals surface area contributed by atoms with E-state index in [0.717, 1.165) is 109 Å². The van der Waals surface area contributed by atoms with Gasteiger partial charge in [0.05, 0.1) is 26.4 Å². The van der Waals surface area contributed by atoms with Gasteiger partial charge in [-0.3, -0.25) is 4.79 Å². The number of allylic oxidation sites excluding steroid dienone is 18. The van der Waals surface area contributed by atoms with Gasteiger partial charge in [0.1, 0.15) is 54.9 Å². The highest BCUT2D eigenvalue weighted by atomic mass is 16.7. The van der Waals surface area contributed by atoms with E-state index in [2.05, 4.69) is 123 Å². The van der Waals surface area contributed by atoms with Crippen molar-refractivity contribution in [3.8, 4) is 0 Å². The lowest BCUT2D eigenvalue weighted by Crippen LogP contribution is -2.61.